The number of carbonyl (C=O) groups is 1. The summed E-state index contributed by atoms with van der Waals surface area (Å²) in [5, 5.41) is 0. The van der Waals surface area contributed by atoms with Gasteiger partial charge in [0.2, 0.25) is 0 Å². The molecule has 0 spiro atoms. The number of likely N-dealkylation sites (tertiary alicyclic amines) is 1. The Labute approximate surface area is 139 Å². The van der Waals surface area contributed by atoms with E-state index in [-0.39, 0.29) is 11.7 Å². The summed E-state index contributed by atoms with van der Waals surface area (Å²) in [7, 11) is 0. The second kappa shape index (κ2) is 6.91. The Hall–Kier alpha value is -1.55. The minimum atomic E-state index is -0.460. The van der Waals surface area contributed by atoms with E-state index < -0.39 is 5.60 Å². The maximum atomic E-state index is 12.1. The first kappa shape index (κ1) is 17.8. The van der Waals surface area contributed by atoms with Crippen LogP contribution in [-0.2, 0) is 22.5 Å². The number of hydrogen-bond acceptors (Lipinski definition) is 3. The minimum Gasteiger partial charge on any atom is -0.444 e. The fourth-order valence-electron chi connectivity index (χ4n) is 2.66. The fraction of sp³-hybridized carbons (Fsp3) is 0.632. The van der Waals surface area contributed by atoms with Crippen LogP contribution >= 0.6 is 0 Å². The van der Waals surface area contributed by atoms with Crippen molar-refractivity contribution >= 4 is 6.09 Å². The molecule has 1 atom stereocenters. The van der Waals surface area contributed by atoms with Gasteiger partial charge in [0.1, 0.15) is 5.60 Å². The van der Waals surface area contributed by atoms with Gasteiger partial charge in [-0.1, -0.05) is 31.2 Å². The number of nitrogens with zero attached hydrogens (tertiary/aromatic N) is 1. The molecule has 0 radical (unpaired) electrons. The molecule has 0 aromatic heterocycles. The third kappa shape index (κ3) is 5.24. The largest absolute Gasteiger partial charge is 0.444 e. The Kier molecular flexibility index (Phi) is 5.35. The van der Waals surface area contributed by atoms with E-state index in [4.69, 9.17) is 9.47 Å². The number of carbonyl (C=O) groups excluding carboxylic acids is 1. The van der Waals surface area contributed by atoms with Crippen LogP contribution in [0.5, 0.6) is 0 Å². The van der Waals surface area contributed by atoms with Crippen molar-refractivity contribution in [2.45, 2.75) is 65.3 Å². The molecule has 1 saturated heterocycles. The van der Waals surface area contributed by atoms with Gasteiger partial charge in [0, 0.05) is 6.54 Å². The summed E-state index contributed by atoms with van der Waals surface area (Å²) >= 11 is 0. The summed E-state index contributed by atoms with van der Waals surface area (Å²) in [6.07, 6.45) is 1.63. The molecule has 1 aliphatic rings. The molecule has 4 nitrogen and oxygen atoms in total. The Bertz CT molecular complexity index is 533. The number of amides is 1. The molecule has 0 N–H and O–H groups in total. The average molecular weight is 319 g/mol. The van der Waals surface area contributed by atoms with Gasteiger partial charge in [-0.2, -0.15) is 0 Å². The second-order valence-electron chi connectivity index (χ2n) is 7.56. The molecule has 1 aliphatic heterocycles. The summed E-state index contributed by atoms with van der Waals surface area (Å²) in [6.45, 7) is 11.7. The van der Waals surface area contributed by atoms with Crippen molar-refractivity contribution in [3.05, 3.63) is 35.4 Å². The quantitative estimate of drug-likeness (QED) is 0.836. The van der Waals surface area contributed by atoms with Crippen LogP contribution in [-0.4, -0.2) is 35.3 Å². The zero-order valence-electron chi connectivity index (χ0n) is 15.0. The first-order valence-corrected chi connectivity index (χ1v) is 8.40. The lowest BCUT2D eigenvalue weighted by Crippen LogP contribution is -2.39. The zero-order valence-corrected chi connectivity index (χ0v) is 15.0. The second-order valence-corrected chi connectivity index (χ2v) is 7.56. The molecule has 0 saturated carbocycles. The Morgan fingerprint density at radius 3 is 2.39 bits per heavy atom. The molecule has 23 heavy (non-hydrogen) atoms. The van der Waals surface area contributed by atoms with E-state index in [0.717, 1.165) is 12.8 Å². The van der Waals surface area contributed by atoms with E-state index >= 15 is 0 Å². The molecule has 4 heteroatoms. The van der Waals surface area contributed by atoms with Gasteiger partial charge in [0.15, 0.2) is 0 Å². The Morgan fingerprint density at radius 1 is 1.22 bits per heavy atom. The van der Waals surface area contributed by atoms with Gasteiger partial charge < -0.3 is 14.4 Å². The fourth-order valence-corrected chi connectivity index (χ4v) is 2.66. The van der Waals surface area contributed by atoms with Crippen LogP contribution < -0.4 is 0 Å². The van der Waals surface area contributed by atoms with E-state index in [0.29, 0.717) is 19.7 Å². The number of hydrogen-bond donors (Lipinski definition) is 0. The number of rotatable bonds is 4. The van der Waals surface area contributed by atoms with Crippen LogP contribution in [0.4, 0.5) is 4.79 Å². The van der Waals surface area contributed by atoms with Gasteiger partial charge in [0.25, 0.3) is 0 Å². The molecule has 0 aliphatic carbocycles. The van der Waals surface area contributed by atoms with Gasteiger partial charge >= 0.3 is 6.09 Å². The van der Waals surface area contributed by atoms with E-state index in [1.54, 1.807) is 4.90 Å². The molecule has 0 bridgehead atoms. The van der Waals surface area contributed by atoms with Gasteiger partial charge in [-0.25, -0.2) is 4.79 Å². The topological polar surface area (TPSA) is 38.8 Å². The molecule has 1 aromatic carbocycles. The molecular formula is C19H29NO3. The molecule has 128 valence electrons. The van der Waals surface area contributed by atoms with Gasteiger partial charge in [-0.3, -0.25) is 0 Å². The maximum absolute atomic E-state index is 12.1. The summed E-state index contributed by atoms with van der Waals surface area (Å²) in [5.74, 6) is 0. The number of aryl methyl sites for hydroxylation is 1. The van der Waals surface area contributed by atoms with E-state index in [2.05, 4.69) is 38.1 Å². The van der Waals surface area contributed by atoms with E-state index in [1.165, 1.54) is 11.1 Å². The third-order valence-electron chi connectivity index (χ3n) is 4.11. The van der Waals surface area contributed by atoms with Crippen molar-refractivity contribution in [1.82, 2.24) is 4.90 Å². The first-order valence-electron chi connectivity index (χ1n) is 8.40. The van der Waals surface area contributed by atoms with Crippen LogP contribution in [0.15, 0.2) is 24.3 Å². The highest BCUT2D eigenvalue weighted by Gasteiger charge is 2.38. The van der Waals surface area contributed by atoms with Crippen LogP contribution in [0.2, 0.25) is 0 Å². The lowest BCUT2D eigenvalue weighted by molar-refractivity contribution is -0.0374. The van der Waals surface area contributed by atoms with Crippen molar-refractivity contribution in [3.63, 3.8) is 0 Å². The predicted octanol–water partition coefficient (Wildman–Crippen LogP) is 4.17. The molecule has 1 amide bonds. The highest BCUT2D eigenvalue weighted by Crippen LogP contribution is 2.27. The van der Waals surface area contributed by atoms with Crippen molar-refractivity contribution in [1.29, 1.82) is 0 Å². The van der Waals surface area contributed by atoms with Gasteiger partial charge in [0.05, 0.1) is 18.8 Å². The number of ether oxygens (including phenoxy) is 2. The maximum Gasteiger partial charge on any atom is 0.410 e. The molecule has 1 fully saturated rings. The molecule has 1 aromatic rings. The normalized spacial score (nSPS) is 21.5. The molecular weight excluding hydrogens is 290 g/mol. The number of benzene rings is 1. The smallest absolute Gasteiger partial charge is 0.410 e. The Balaban J connectivity index is 1.87. The van der Waals surface area contributed by atoms with Crippen LogP contribution in [0.25, 0.3) is 0 Å². The van der Waals surface area contributed by atoms with Crippen molar-refractivity contribution < 1.29 is 14.3 Å². The minimum absolute atomic E-state index is 0.253. The summed E-state index contributed by atoms with van der Waals surface area (Å²) in [4.78, 5) is 13.9. The van der Waals surface area contributed by atoms with Crippen LogP contribution in [0.3, 0.4) is 0 Å². The Morgan fingerprint density at radius 2 is 1.83 bits per heavy atom. The SMILES string of the molecule is CCc1ccc(COC2(C)CCN(C(=O)OC(C)(C)C)C2)cc1. The van der Waals surface area contributed by atoms with Crippen molar-refractivity contribution in [2.24, 2.45) is 0 Å². The van der Waals surface area contributed by atoms with Crippen molar-refractivity contribution in [2.75, 3.05) is 13.1 Å². The van der Waals surface area contributed by atoms with Crippen LogP contribution in [0, 0.1) is 0 Å². The lowest BCUT2D eigenvalue weighted by atomic mass is 10.1. The highest BCUT2D eigenvalue weighted by atomic mass is 16.6. The average Bonchev–Trinajstić information content (AvgIpc) is 2.87. The third-order valence-corrected chi connectivity index (χ3v) is 4.11. The summed E-state index contributed by atoms with van der Waals surface area (Å²) in [5.41, 5.74) is 1.73. The predicted molar refractivity (Wildman–Crippen MR) is 91.4 cm³/mol. The van der Waals surface area contributed by atoms with Crippen molar-refractivity contribution in [3.8, 4) is 0 Å². The highest BCUT2D eigenvalue weighted by molar-refractivity contribution is 5.68. The summed E-state index contributed by atoms with van der Waals surface area (Å²) in [6, 6.07) is 8.51. The monoisotopic (exact) mass is 319 g/mol. The summed E-state index contributed by atoms with van der Waals surface area (Å²) < 4.78 is 11.5. The standard InChI is InChI=1S/C19H29NO3/c1-6-15-7-9-16(10-8-15)13-22-19(5)11-12-20(14-19)17(21)23-18(2,3)4/h7-10H,6,11-14H2,1-5H3. The van der Waals surface area contributed by atoms with E-state index in [9.17, 15) is 4.79 Å². The molecule has 2 rings (SSSR count). The van der Waals surface area contributed by atoms with Gasteiger partial charge in [-0.05, 0) is 51.7 Å². The lowest BCUT2D eigenvalue weighted by Gasteiger charge is -2.27. The van der Waals surface area contributed by atoms with E-state index in [1.807, 2.05) is 20.8 Å². The first-order chi connectivity index (χ1) is 10.7. The molecule has 1 unspecified atom stereocenters. The van der Waals surface area contributed by atoms with Gasteiger partial charge in [-0.15, -0.1) is 0 Å². The molecule has 1 heterocycles. The van der Waals surface area contributed by atoms with Crippen LogP contribution in [0.1, 0.15) is 52.2 Å². The zero-order chi connectivity index (χ0) is 17.1.